The Morgan fingerprint density at radius 2 is 2.06 bits per heavy atom. The van der Waals surface area contributed by atoms with Crippen molar-refractivity contribution in [1.82, 2.24) is 0 Å². The summed E-state index contributed by atoms with van der Waals surface area (Å²) in [5.41, 5.74) is 6.71. The van der Waals surface area contributed by atoms with Crippen molar-refractivity contribution in [3.8, 4) is 11.5 Å². The van der Waals surface area contributed by atoms with E-state index in [1.54, 1.807) is 0 Å². The SMILES string of the molecule is C/C=C/COc1ccc(CCN)cc1OCC. The minimum atomic E-state index is 0.562. The van der Waals surface area contributed by atoms with Crippen LogP contribution in [0.25, 0.3) is 0 Å². The van der Waals surface area contributed by atoms with Crippen LogP contribution in [0, 0.1) is 0 Å². The van der Waals surface area contributed by atoms with Gasteiger partial charge in [-0.15, -0.1) is 0 Å². The van der Waals surface area contributed by atoms with Crippen LogP contribution in [0.15, 0.2) is 30.4 Å². The predicted octanol–water partition coefficient (Wildman–Crippen LogP) is 2.54. The highest BCUT2D eigenvalue weighted by atomic mass is 16.5. The second-order valence-electron chi connectivity index (χ2n) is 3.63. The van der Waals surface area contributed by atoms with Gasteiger partial charge in [0.05, 0.1) is 6.61 Å². The molecule has 0 spiro atoms. The number of hydrogen-bond acceptors (Lipinski definition) is 3. The Kier molecular flexibility index (Phi) is 6.18. The third-order valence-corrected chi connectivity index (χ3v) is 2.31. The van der Waals surface area contributed by atoms with Crippen LogP contribution in [0.3, 0.4) is 0 Å². The molecule has 0 aliphatic heterocycles. The molecule has 1 aromatic rings. The van der Waals surface area contributed by atoms with E-state index in [9.17, 15) is 0 Å². The fraction of sp³-hybridized carbons (Fsp3) is 0.429. The molecule has 0 aliphatic rings. The van der Waals surface area contributed by atoms with E-state index in [1.807, 2.05) is 44.2 Å². The lowest BCUT2D eigenvalue weighted by Crippen LogP contribution is -2.04. The van der Waals surface area contributed by atoms with Gasteiger partial charge in [0.15, 0.2) is 11.5 Å². The maximum Gasteiger partial charge on any atom is 0.161 e. The molecule has 0 bridgehead atoms. The zero-order valence-corrected chi connectivity index (χ0v) is 10.6. The van der Waals surface area contributed by atoms with Gasteiger partial charge in [0.25, 0.3) is 0 Å². The Labute approximate surface area is 103 Å². The summed E-state index contributed by atoms with van der Waals surface area (Å²) in [6.07, 6.45) is 4.78. The fourth-order valence-corrected chi connectivity index (χ4v) is 1.50. The molecular weight excluding hydrogens is 214 g/mol. The average molecular weight is 235 g/mol. The van der Waals surface area contributed by atoms with Gasteiger partial charge >= 0.3 is 0 Å². The summed E-state index contributed by atoms with van der Waals surface area (Å²) >= 11 is 0. The lowest BCUT2D eigenvalue weighted by atomic mass is 10.1. The third-order valence-electron chi connectivity index (χ3n) is 2.31. The maximum absolute atomic E-state index is 5.62. The summed E-state index contributed by atoms with van der Waals surface area (Å²) in [6, 6.07) is 5.97. The number of allylic oxidation sites excluding steroid dienone is 1. The van der Waals surface area contributed by atoms with Crippen molar-refractivity contribution in [2.24, 2.45) is 5.73 Å². The van der Waals surface area contributed by atoms with Crippen molar-refractivity contribution < 1.29 is 9.47 Å². The molecule has 2 N–H and O–H groups in total. The van der Waals surface area contributed by atoms with E-state index in [2.05, 4.69) is 0 Å². The van der Waals surface area contributed by atoms with Gasteiger partial charge in [-0.3, -0.25) is 0 Å². The van der Waals surface area contributed by atoms with Crippen LogP contribution < -0.4 is 15.2 Å². The van der Waals surface area contributed by atoms with Gasteiger partial charge in [0.1, 0.15) is 6.61 Å². The molecule has 0 aliphatic carbocycles. The molecule has 1 aromatic carbocycles. The molecule has 0 fully saturated rings. The number of hydrogen-bond donors (Lipinski definition) is 1. The summed E-state index contributed by atoms with van der Waals surface area (Å²) in [5, 5.41) is 0. The lowest BCUT2D eigenvalue weighted by molar-refractivity contribution is 0.296. The molecule has 0 amide bonds. The zero-order valence-electron chi connectivity index (χ0n) is 10.6. The van der Waals surface area contributed by atoms with Crippen LogP contribution >= 0.6 is 0 Å². The maximum atomic E-state index is 5.62. The predicted molar refractivity (Wildman–Crippen MR) is 70.7 cm³/mol. The van der Waals surface area contributed by atoms with Crippen LogP contribution in [0.1, 0.15) is 19.4 Å². The molecule has 1 rings (SSSR count). The fourth-order valence-electron chi connectivity index (χ4n) is 1.50. The second-order valence-corrected chi connectivity index (χ2v) is 3.63. The van der Waals surface area contributed by atoms with E-state index in [0.717, 1.165) is 17.9 Å². The quantitative estimate of drug-likeness (QED) is 0.739. The normalized spacial score (nSPS) is 10.8. The first-order valence-corrected chi connectivity index (χ1v) is 6.01. The highest BCUT2D eigenvalue weighted by molar-refractivity contribution is 5.43. The first kappa shape index (κ1) is 13.6. The van der Waals surface area contributed by atoms with Crippen molar-refractivity contribution in [3.63, 3.8) is 0 Å². The Morgan fingerprint density at radius 3 is 2.71 bits per heavy atom. The summed E-state index contributed by atoms with van der Waals surface area (Å²) in [7, 11) is 0. The van der Waals surface area contributed by atoms with Gasteiger partial charge in [-0.25, -0.2) is 0 Å². The molecule has 0 aromatic heterocycles. The Hall–Kier alpha value is -1.48. The molecular formula is C14H21NO2. The number of benzene rings is 1. The molecule has 3 heteroatoms. The van der Waals surface area contributed by atoms with Crippen molar-refractivity contribution in [2.75, 3.05) is 19.8 Å². The van der Waals surface area contributed by atoms with E-state index in [1.165, 1.54) is 5.56 Å². The van der Waals surface area contributed by atoms with Gasteiger partial charge in [-0.2, -0.15) is 0 Å². The van der Waals surface area contributed by atoms with Crippen LogP contribution in [0.5, 0.6) is 11.5 Å². The van der Waals surface area contributed by atoms with Crippen LogP contribution in [-0.4, -0.2) is 19.8 Å². The van der Waals surface area contributed by atoms with Crippen molar-refractivity contribution in [3.05, 3.63) is 35.9 Å². The Balaban J connectivity index is 2.79. The van der Waals surface area contributed by atoms with Crippen LogP contribution in [-0.2, 0) is 6.42 Å². The van der Waals surface area contributed by atoms with Crippen LogP contribution in [0.2, 0.25) is 0 Å². The van der Waals surface area contributed by atoms with E-state index in [0.29, 0.717) is 19.8 Å². The Bertz CT molecular complexity index is 361. The zero-order chi connectivity index (χ0) is 12.5. The molecule has 0 unspecified atom stereocenters. The lowest BCUT2D eigenvalue weighted by Gasteiger charge is -2.12. The molecule has 0 atom stereocenters. The van der Waals surface area contributed by atoms with Gasteiger partial charge in [0.2, 0.25) is 0 Å². The van der Waals surface area contributed by atoms with E-state index < -0.39 is 0 Å². The minimum absolute atomic E-state index is 0.562. The summed E-state index contributed by atoms with van der Waals surface area (Å²) in [4.78, 5) is 0. The van der Waals surface area contributed by atoms with Gasteiger partial charge in [0, 0.05) is 0 Å². The highest BCUT2D eigenvalue weighted by Gasteiger charge is 2.05. The van der Waals surface area contributed by atoms with Gasteiger partial charge in [-0.1, -0.05) is 18.2 Å². The third kappa shape index (κ3) is 4.49. The minimum Gasteiger partial charge on any atom is -0.490 e. The summed E-state index contributed by atoms with van der Waals surface area (Å²) in [5.74, 6) is 1.58. The standard InChI is InChI=1S/C14H21NO2/c1-3-5-10-17-13-7-6-12(8-9-15)11-14(13)16-4-2/h3,5-7,11H,4,8-10,15H2,1-2H3/b5-3+. The number of rotatable bonds is 7. The molecule has 0 radical (unpaired) electrons. The van der Waals surface area contributed by atoms with E-state index in [4.69, 9.17) is 15.2 Å². The van der Waals surface area contributed by atoms with E-state index >= 15 is 0 Å². The Morgan fingerprint density at radius 1 is 1.24 bits per heavy atom. The topological polar surface area (TPSA) is 44.5 Å². The van der Waals surface area contributed by atoms with Crippen molar-refractivity contribution >= 4 is 0 Å². The van der Waals surface area contributed by atoms with Crippen molar-refractivity contribution in [1.29, 1.82) is 0 Å². The smallest absolute Gasteiger partial charge is 0.161 e. The molecule has 94 valence electrons. The largest absolute Gasteiger partial charge is 0.490 e. The molecule has 0 heterocycles. The van der Waals surface area contributed by atoms with Crippen LogP contribution in [0.4, 0.5) is 0 Å². The second kappa shape index (κ2) is 7.74. The molecule has 3 nitrogen and oxygen atoms in total. The number of nitrogens with two attached hydrogens (primary N) is 1. The first-order chi connectivity index (χ1) is 8.31. The molecule has 0 saturated heterocycles. The van der Waals surface area contributed by atoms with Gasteiger partial charge in [-0.05, 0) is 44.5 Å². The summed E-state index contributed by atoms with van der Waals surface area (Å²) in [6.45, 7) is 5.77. The monoisotopic (exact) mass is 235 g/mol. The average Bonchev–Trinajstić information content (AvgIpc) is 2.33. The van der Waals surface area contributed by atoms with Crippen molar-refractivity contribution in [2.45, 2.75) is 20.3 Å². The first-order valence-electron chi connectivity index (χ1n) is 6.01. The number of ether oxygens (including phenoxy) is 2. The highest BCUT2D eigenvalue weighted by Crippen LogP contribution is 2.28. The van der Waals surface area contributed by atoms with Gasteiger partial charge < -0.3 is 15.2 Å². The molecule has 0 saturated carbocycles. The molecule has 17 heavy (non-hydrogen) atoms. The van der Waals surface area contributed by atoms with E-state index in [-0.39, 0.29) is 0 Å². The summed E-state index contributed by atoms with van der Waals surface area (Å²) < 4.78 is 11.2.